The molecule has 0 saturated carbocycles. The van der Waals surface area contributed by atoms with Crippen LogP contribution in [0.25, 0.3) is 22.2 Å². The van der Waals surface area contributed by atoms with E-state index in [4.69, 9.17) is 9.26 Å². The minimum absolute atomic E-state index is 0.0820. The van der Waals surface area contributed by atoms with E-state index in [-0.39, 0.29) is 17.4 Å². The van der Waals surface area contributed by atoms with Crippen LogP contribution >= 0.6 is 0 Å². The number of hydrogen-bond donors (Lipinski definition) is 2. The summed E-state index contributed by atoms with van der Waals surface area (Å²) < 4.78 is 11.0. The van der Waals surface area contributed by atoms with Crippen molar-refractivity contribution in [1.29, 1.82) is 0 Å². The smallest absolute Gasteiger partial charge is 0.409 e. The lowest BCUT2D eigenvalue weighted by Gasteiger charge is -2.36. The summed E-state index contributed by atoms with van der Waals surface area (Å²) in [6.07, 6.45) is -0.347. The van der Waals surface area contributed by atoms with Crippen LogP contribution in [-0.2, 0) is 4.74 Å². The Balaban J connectivity index is 1.49. The minimum Gasteiger partial charge on any atom is -0.478 e. The number of aromatic nitrogens is 1. The minimum atomic E-state index is -1.08. The highest BCUT2D eigenvalue weighted by atomic mass is 16.6. The number of benzene rings is 3. The molecule has 2 aliphatic rings. The zero-order valence-corrected chi connectivity index (χ0v) is 20.6. The van der Waals surface area contributed by atoms with E-state index in [2.05, 4.69) is 15.4 Å². The Morgan fingerprint density at radius 1 is 1.03 bits per heavy atom. The maximum absolute atomic E-state index is 13.8. The number of nitrogens with one attached hydrogen (secondary N) is 1. The lowest BCUT2D eigenvalue weighted by Crippen LogP contribution is -2.49. The third kappa shape index (κ3) is 3.73. The summed E-state index contributed by atoms with van der Waals surface area (Å²) in [6.45, 7) is 4.04. The number of ether oxygens (including phenoxy) is 1. The third-order valence-corrected chi connectivity index (χ3v) is 6.95. The lowest BCUT2D eigenvalue weighted by molar-refractivity contribution is 0.0697. The van der Waals surface area contributed by atoms with E-state index in [9.17, 15) is 19.5 Å². The number of carboxylic acid groups (broad SMARTS) is 1. The largest absolute Gasteiger partial charge is 0.478 e. The van der Waals surface area contributed by atoms with Gasteiger partial charge in [-0.05, 0) is 25.1 Å². The lowest BCUT2D eigenvalue weighted by atomic mass is 9.86. The molecule has 192 valence electrons. The van der Waals surface area contributed by atoms with Gasteiger partial charge in [-0.15, -0.1) is 0 Å². The van der Waals surface area contributed by atoms with Gasteiger partial charge in [-0.25, -0.2) is 9.59 Å². The van der Waals surface area contributed by atoms with Gasteiger partial charge in [-0.2, -0.15) is 0 Å². The summed E-state index contributed by atoms with van der Waals surface area (Å²) >= 11 is 0. The van der Waals surface area contributed by atoms with Crippen LogP contribution in [0, 0.1) is 0 Å². The number of carboxylic acids is 1. The number of ketones is 1. The van der Waals surface area contributed by atoms with Gasteiger partial charge in [0.15, 0.2) is 11.5 Å². The Kier molecular flexibility index (Phi) is 5.71. The quantitative estimate of drug-likeness (QED) is 0.343. The van der Waals surface area contributed by atoms with Crippen molar-refractivity contribution >= 4 is 45.8 Å². The summed E-state index contributed by atoms with van der Waals surface area (Å²) in [5.74, 6) is -0.789. The van der Waals surface area contributed by atoms with Crippen LogP contribution in [-0.4, -0.2) is 65.8 Å². The first kappa shape index (κ1) is 23.5. The Hall–Kier alpha value is -4.86. The average Bonchev–Trinajstić information content (AvgIpc) is 3.38. The Morgan fingerprint density at radius 2 is 1.74 bits per heavy atom. The van der Waals surface area contributed by atoms with Crippen LogP contribution in [0.2, 0.25) is 0 Å². The molecule has 10 nitrogen and oxygen atoms in total. The van der Waals surface area contributed by atoms with Crippen molar-refractivity contribution in [2.75, 3.05) is 43.0 Å². The molecule has 1 aromatic heterocycles. The first-order valence-electron chi connectivity index (χ1n) is 12.3. The number of anilines is 3. The fraction of sp³-hybridized carbons (Fsp3) is 0.214. The van der Waals surface area contributed by atoms with Crippen molar-refractivity contribution in [2.24, 2.45) is 0 Å². The first-order chi connectivity index (χ1) is 18.5. The van der Waals surface area contributed by atoms with Gasteiger partial charge < -0.3 is 29.5 Å². The molecule has 6 rings (SSSR count). The van der Waals surface area contributed by atoms with Crippen LogP contribution in [0.5, 0.6) is 0 Å². The first-order valence-corrected chi connectivity index (χ1v) is 12.3. The molecule has 1 aliphatic heterocycles. The van der Waals surface area contributed by atoms with Crippen molar-refractivity contribution < 1.29 is 28.8 Å². The number of carbonyl (C=O) groups excluding carboxylic acids is 2. The van der Waals surface area contributed by atoms with Gasteiger partial charge >= 0.3 is 12.1 Å². The van der Waals surface area contributed by atoms with E-state index in [1.165, 1.54) is 6.07 Å². The number of nitrogens with zero attached hydrogens (tertiary/aromatic N) is 3. The van der Waals surface area contributed by atoms with Crippen molar-refractivity contribution in [3.05, 3.63) is 71.3 Å². The second-order valence-electron chi connectivity index (χ2n) is 9.08. The number of para-hydroxylation sites is 1. The standard InChI is InChI=1S/C28H24N4O6/c1-2-37-28(36)32-13-11-31(12-14-32)21-15-20(29-19-10-6-5-9-18(19)27(34)35)22-23-24(21)30-38-26(23)17-8-4-3-7-16(17)25(22)33/h3-10,15,29H,2,11-14H2,1H3,(H,34,35). The average molecular weight is 513 g/mol. The van der Waals surface area contributed by atoms with Gasteiger partial charge in [0.25, 0.3) is 0 Å². The maximum atomic E-state index is 13.8. The molecule has 0 unspecified atom stereocenters. The molecule has 1 saturated heterocycles. The topological polar surface area (TPSA) is 125 Å². The number of piperazine rings is 1. The molecule has 38 heavy (non-hydrogen) atoms. The zero-order chi connectivity index (χ0) is 26.4. The Morgan fingerprint density at radius 3 is 2.47 bits per heavy atom. The van der Waals surface area contributed by atoms with Gasteiger partial charge in [0.05, 0.1) is 40.2 Å². The second-order valence-corrected chi connectivity index (χ2v) is 9.08. The highest BCUT2D eigenvalue weighted by molar-refractivity contribution is 6.29. The van der Waals surface area contributed by atoms with E-state index in [0.717, 1.165) is 5.69 Å². The van der Waals surface area contributed by atoms with Gasteiger partial charge in [0.2, 0.25) is 0 Å². The van der Waals surface area contributed by atoms with Crippen LogP contribution in [0.1, 0.15) is 33.2 Å². The molecular weight excluding hydrogens is 488 g/mol. The number of fused-ring (bicyclic) bond motifs is 2. The van der Waals surface area contributed by atoms with E-state index < -0.39 is 5.97 Å². The highest BCUT2D eigenvalue weighted by Crippen LogP contribution is 2.46. The summed E-state index contributed by atoms with van der Waals surface area (Å²) in [6, 6.07) is 15.6. The van der Waals surface area contributed by atoms with E-state index in [0.29, 0.717) is 77.5 Å². The van der Waals surface area contributed by atoms with Gasteiger partial charge in [-0.1, -0.05) is 41.6 Å². The summed E-state index contributed by atoms with van der Waals surface area (Å²) in [5, 5.41) is 17.9. The third-order valence-electron chi connectivity index (χ3n) is 6.95. The molecule has 0 spiro atoms. The zero-order valence-electron chi connectivity index (χ0n) is 20.6. The second kappa shape index (κ2) is 9.22. The normalized spacial score (nSPS) is 14.4. The van der Waals surface area contributed by atoms with E-state index in [1.807, 2.05) is 18.2 Å². The number of hydrogen-bond acceptors (Lipinski definition) is 8. The number of aromatic carboxylic acids is 1. The fourth-order valence-electron chi connectivity index (χ4n) is 5.15. The monoisotopic (exact) mass is 512 g/mol. The molecule has 10 heteroatoms. The summed E-state index contributed by atoms with van der Waals surface area (Å²) in [5.41, 5.74) is 3.69. The van der Waals surface area contributed by atoms with Crippen LogP contribution in [0.3, 0.4) is 0 Å². The summed E-state index contributed by atoms with van der Waals surface area (Å²) in [4.78, 5) is 41.6. The molecule has 2 N–H and O–H groups in total. The molecular formula is C28H24N4O6. The number of amides is 1. The van der Waals surface area contributed by atoms with Crippen LogP contribution in [0.4, 0.5) is 21.9 Å². The maximum Gasteiger partial charge on any atom is 0.409 e. The molecule has 4 aromatic rings. The Labute approximate surface area is 217 Å². The fourth-order valence-corrected chi connectivity index (χ4v) is 5.15. The molecule has 1 aliphatic carbocycles. The van der Waals surface area contributed by atoms with Crippen LogP contribution < -0.4 is 10.2 Å². The molecule has 0 radical (unpaired) electrons. The molecule has 0 bridgehead atoms. The predicted molar refractivity (Wildman–Crippen MR) is 140 cm³/mol. The van der Waals surface area contributed by atoms with E-state index >= 15 is 0 Å². The number of carbonyl (C=O) groups is 3. The van der Waals surface area contributed by atoms with Gasteiger partial charge in [0.1, 0.15) is 5.52 Å². The van der Waals surface area contributed by atoms with Crippen LogP contribution in [0.15, 0.2) is 59.1 Å². The molecule has 3 aromatic carbocycles. The molecule has 1 fully saturated rings. The van der Waals surface area contributed by atoms with Crippen molar-refractivity contribution in [2.45, 2.75) is 6.92 Å². The molecule has 2 heterocycles. The van der Waals surface area contributed by atoms with Crippen molar-refractivity contribution in [3.8, 4) is 11.3 Å². The molecule has 1 amide bonds. The predicted octanol–water partition coefficient (Wildman–Crippen LogP) is 4.76. The van der Waals surface area contributed by atoms with Gasteiger partial charge in [-0.3, -0.25) is 4.79 Å². The van der Waals surface area contributed by atoms with Crippen molar-refractivity contribution in [1.82, 2.24) is 10.1 Å². The van der Waals surface area contributed by atoms with Gasteiger partial charge in [0, 0.05) is 37.3 Å². The van der Waals surface area contributed by atoms with Crippen molar-refractivity contribution in [3.63, 3.8) is 0 Å². The number of rotatable bonds is 5. The molecule has 0 atom stereocenters. The SMILES string of the molecule is CCOC(=O)N1CCN(c2cc(Nc3ccccc3C(=O)O)c3c4c(onc24)-c2ccccc2C3=O)CC1. The van der Waals surface area contributed by atoms with E-state index in [1.54, 1.807) is 42.2 Å². The Bertz CT molecular complexity index is 1600. The highest BCUT2D eigenvalue weighted by Gasteiger charge is 2.34. The summed E-state index contributed by atoms with van der Waals surface area (Å²) in [7, 11) is 0.